The van der Waals surface area contributed by atoms with Crippen LogP contribution >= 0.6 is 0 Å². The van der Waals surface area contributed by atoms with Crippen LogP contribution in [0.25, 0.3) is 0 Å². The zero-order chi connectivity index (χ0) is 8.60. The zero-order valence-electron chi connectivity index (χ0n) is 6.63. The van der Waals surface area contributed by atoms with Gasteiger partial charge in [0.1, 0.15) is 5.82 Å². The SMILES string of the molecule is OCC1(c2ncccc2F)CC1. The van der Waals surface area contributed by atoms with Gasteiger partial charge >= 0.3 is 0 Å². The number of aromatic nitrogens is 1. The summed E-state index contributed by atoms with van der Waals surface area (Å²) in [7, 11) is 0. The second-order valence-electron chi connectivity index (χ2n) is 3.27. The van der Waals surface area contributed by atoms with E-state index in [1.165, 1.54) is 6.07 Å². The Morgan fingerprint density at radius 1 is 1.58 bits per heavy atom. The van der Waals surface area contributed by atoms with Crippen LogP contribution in [0.4, 0.5) is 4.39 Å². The highest BCUT2D eigenvalue weighted by Crippen LogP contribution is 2.47. The molecule has 0 aromatic carbocycles. The second kappa shape index (κ2) is 2.52. The maximum atomic E-state index is 13.1. The van der Waals surface area contributed by atoms with Crippen LogP contribution in [-0.4, -0.2) is 16.7 Å². The van der Waals surface area contributed by atoms with Gasteiger partial charge in [-0.3, -0.25) is 4.98 Å². The van der Waals surface area contributed by atoms with Crippen molar-refractivity contribution in [1.29, 1.82) is 0 Å². The molecule has 1 N–H and O–H groups in total. The second-order valence-corrected chi connectivity index (χ2v) is 3.27. The van der Waals surface area contributed by atoms with Crippen LogP contribution in [0.2, 0.25) is 0 Å². The molecule has 0 unspecified atom stereocenters. The van der Waals surface area contributed by atoms with Crippen molar-refractivity contribution in [1.82, 2.24) is 4.98 Å². The van der Waals surface area contributed by atoms with E-state index in [0.29, 0.717) is 5.69 Å². The van der Waals surface area contributed by atoms with Crippen LogP contribution in [0.15, 0.2) is 18.3 Å². The number of rotatable bonds is 2. The summed E-state index contributed by atoms with van der Waals surface area (Å²) in [5.41, 5.74) is 0.0678. The summed E-state index contributed by atoms with van der Waals surface area (Å²) < 4.78 is 13.1. The van der Waals surface area contributed by atoms with Crippen molar-refractivity contribution >= 4 is 0 Å². The van der Waals surface area contributed by atoms with Crippen molar-refractivity contribution in [3.8, 4) is 0 Å². The van der Waals surface area contributed by atoms with Gasteiger partial charge in [0.05, 0.1) is 12.3 Å². The first kappa shape index (κ1) is 7.68. The molecule has 0 saturated heterocycles. The Balaban J connectivity index is 2.40. The fourth-order valence-electron chi connectivity index (χ4n) is 1.40. The fourth-order valence-corrected chi connectivity index (χ4v) is 1.40. The summed E-state index contributed by atoms with van der Waals surface area (Å²) in [6, 6.07) is 2.95. The number of hydrogen-bond donors (Lipinski definition) is 1. The average molecular weight is 167 g/mol. The molecule has 1 fully saturated rings. The largest absolute Gasteiger partial charge is 0.395 e. The van der Waals surface area contributed by atoms with E-state index in [0.717, 1.165) is 12.8 Å². The van der Waals surface area contributed by atoms with E-state index >= 15 is 0 Å². The molecular formula is C9H10FNO. The third kappa shape index (κ3) is 1.01. The first-order valence-electron chi connectivity index (χ1n) is 4.00. The van der Waals surface area contributed by atoms with Gasteiger partial charge in [-0.15, -0.1) is 0 Å². The number of pyridine rings is 1. The van der Waals surface area contributed by atoms with Crippen LogP contribution in [0.3, 0.4) is 0 Å². The lowest BCUT2D eigenvalue weighted by Gasteiger charge is -2.10. The summed E-state index contributed by atoms with van der Waals surface area (Å²) in [5.74, 6) is -0.302. The van der Waals surface area contributed by atoms with Gasteiger partial charge in [0.25, 0.3) is 0 Å². The zero-order valence-corrected chi connectivity index (χ0v) is 6.63. The van der Waals surface area contributed by atoms with Gasteiger partial charge in [-0.2, -0.15) is 0 Å². The minimum Gasteiger partial charge on any atom is -0.395 e. The summed E-state index contributed by atoms with van der Waals surface area (Å²) in [4.78, 5) is 3.95. The Kier molecular flexibility index (Phi) is 1.61. The smallest absolute Gasteiger partial charge is 0.145 e. The quantitative estimate of drug-likeness (QED) is 0.719. The Morgan fingerprint density at radius 3 is 2.83 bits per heavy atom. The highest BCUT2D eigenvalue weighted by Gasteiger charge is 2.46. The molecule has 0 amide bonds. The van der Waals surface area contributed by atoms with Gasteiger partial charge in [0.2, 0.25) is 0 Å². The van der Waals surface area contributed by atoms with E-state index in [9.17, 15) is 4.39 Å². The van der Waals surface area contributed by atoms with Crippen LogP contribution in [0.1, 0.15) is 18.5 Å². The normalized spacial score (nSPS) is 19.2. The molecule has 1 aromatic heterocycles. The van der Waals surface area contributed by atoms with Gasteiger partial charge < -0.3 is 5.11 Å². The van der Waals surface area contributed by atoms with Crippen LogP contribution in [0, 0.1) is 5.82 Å². The lowest BCUT2D eigenvalue weighted by Crippen LogP contribution is -2.15. The van der Waals surface area contributed by atoms with E-state index < -0.39 is 0 Å². The van der Waals surface area contributed by atoms with Gasteiger partial charge in [-0.05, 0) is 25.0 Å². The number of aliphatic hydroxyl groups is 1. The maximum absolute atomic E-state index is 13.1. The third-order valence-electron chi connectivity index (χ3n) is 2.42. The summed E-state index contributed by atoms with van der Waals surface area (Å²) in [5, 5.41) is 9.03. The molecule has 0 radical (unpaired) electrons. The maximum Gasteiger partial charge on any atom is 0.145 e. The minimum absolute atomic E-state index is 0.000926. The molecule has 0 spiro atoms. The standard InChI is InChI=1S/C9H10FNO/c10-7-2-1-5-11-8(7)9(6-12)3-4-9/h1-2,5,12H,3-4,6H2. The molecular weight excluding hydrogens is 157 g/mol. The molecule has 1 aliphatic rings. The molecule has 0 bridgehead atoms. The van der Waals surface area contributed by atoms with Crippen molar-refractivity contribution in [2.45, 2.75) is 18.3 Å². The number of hydrogen-bond acceptors (Lipinski definition) is 2. The number of halogens is 1. The minimum atomic E-state index is -0.356. The monoisotopic (exact) mass is 167 g/mol. The van der Waals surface area contributed by atoms with Gasteiger partial charge in [0.15, 0.2) is 0 Å². The molecule has 12 heavy (non-hydrogen) atoms. The van der Waals surface area contributed by atoms with Crippen molar-refractivity contribution in [2.24, 2.45) is 0 Å². The molecule has 0 aliphatic heterocycles. The van der Waals surface area contributed by atoms with E-state index in [1.54, 1.807) is 12.3 Å². The van der Waals surface area contributed by atoms with E-state index in [4.69, 9.17) is 5.11 Å². The molecule has 1 aliphatic carbocycles. The van der Waals surface area contributed by atoms with Crippen molar-refractivity contribution in [3.63, 3.8) is 0 Å². The molecule has 3 heteroatoms. The van der Waals surface area contributed by atoms with Gasteiger partial charge in [0, 0.05) is 11.6 Å². The average Bonchev–Trinajstić information content (AvgIpc) is 2.86. The van der Waals surface area contributed by atoms with Crippen LogP contribution < -0.4 is 0 Å². The third-order valence-corrected chi connectivity index (χ3v) is 2.42. The van der Waals surface area contributed by atoms with E-state index in [2.05, 4.69) is 4.98 Å². The molecule has 1 saturated carbocycles. The molecule has 0 atom stereocenters. The number of aliphatic hydroxyl groups excluding tert-OH is 1. The number of nitrogens with zero attached hydrogens (tertiary/aromatic N) is 1. The molecule has 1 aromatic rings. The van der Waals surface area contributed by atoms with Crippen molar-refractivity contribution in [3.05, 3.63) is 29.8 Å². The Hall–Kier alpha value is -0.960. The summed E-state index contributed by atoms with van der Waals surface area (Å²) >= 11 is 0. The van der Waals surface area contributed by atoms with Gasteiger partial charge in [-0.25, -0.2) is 4.39 Å². The van der Waals surface area contributed by atoms with Crippen LogP contribution in [-0.2, 0) is 5.41 Å². The van der Waals surface area contributed by atoms with Crippen molar-refractivity contribution in [2.75, 3.05) is 6.61 Å². The summed E-state index contributed by atoms with van der Waals surface area (Å²) in [6.45, 7) is 0.000926. The topological polar surface area (TPSA) is 33.1 Å². The van der Waals surface area contributed by atoms with Gasteiger partial charge in [-0.1, -0.05) is 0 Å². The lowest BCUT2D eigenvalue weighted by atomic mass is 10.0. The predicted molar refractivity (Wildman–Crippen MR) is 42.2 cm³/mol. The first-order chi connectivity index (χ1) is 5.78. The lowest BCUT2D eigenvalue weighted by molar-refractivity contribution is 0.249. The summed E-state index contributed by atoms with van der Waals surface area (Å²) in [6.07, 6.45) is 3.25. The molecule has 1 heterocycles. The molecule has 2 nitrogen and oxygen atoms in total. The highest BCUT2D eigenvalue weighted by atomic mass is 19.1. The van der Waals surface area contributed by atoms with Crippen molar-refractivity contribution < 1.29 is 9.50 Å². The first-order valence-corrected chi connectivity index (χ1v) is 4.00. The van der Waals surface area contributed by atoms with E-state index in [-0.39, 0.29) is 17.8 Å². The Morgan fingerprint density at radius 2 is 2.33 bits per heavy atom. The Labute approximate surface area is 70.1 Å². The van der Waals surface area contributed by atoms with Crippen LogP contribution in [0.5, 0.6) is 0 Å². The predicted octanol–water partition coefficient (Wildman–Crippen LogP) is 1.24. The fraction of sp³-hybridized carbons (Fsp3) is 0.444. The molecule has 2 rings (SSSR count). The molecule has 64 valence electrons. The van der Waals surface area contributed by atoms with E-state index in [1.807, 2.05) is 0 Å². The Bertz CT molecular complexity index is 296. The highest BCUT2D eigenvalue weighted by molar-refractivity contribution is 5.25.